The number of ether oxygens (including phenoxy) is 1. The van der Waals surface area contributed by atoms with Crippen molar-refractivity contribution in [3.8, 4) is 16.9 Å². The van der Waals surface area contributed by atoms with Gasteiger partial charge in [-0.2, -0.15) is 0 Å². The zero-order valence-electron chi connectivity index (χ0n) is 20.7. The zero-order valence-corrected chi connectivity index (χ0v) is 21.5. The van der Waals surface area contributed by atoms with E-state index in [1.165, 1.54) is 12.3 Å². The molecule has 1 aromatic heterocycles. The summed E-state index contributed by atoms with van der Waals surface area (Å²) in [5.74, 6) is 0.666. The third-order valence-corrected chi connectivity index (χ3v) is 7.88. The lowest BCUT2D eigenvalue weighted by atomic mass is 9.94. The molecule has 7 heteroatoms. The standard InChI is InChI=1S/C29H29FN2O3S/c1-19-22(18-31-24-10-8-21-12-14-35-28(21)17-24)6-4-7-25(19)29-20(2)32(13-5-15-36(3,33)34)27-11-9-23(30)16-26(27)29/h4,6-11,16-17,31H,5,13-15,18H2,1-3H3. The minimum Gasteiger partial charge on any atom is -0.492 e. The highest BCUT2D eigenvalue weighted by atomic mass is 32.2. The summed E-state index contributed by atoms with van der Waals surface area (Å²) in [4.78, 5) is 0. The quantitative estimate of drug-likeness (QED) is 0.323. The van der Waals surface area contributed by atoms with Crippen LogP contribution >= 0.6 is 0 Å². The van der Waals surface area contributed by atoms with Crippen molar-refractivity contribution in [3.05, 3.63) is 89.2 Å². The van der Waals surface area contributed by atoms with Crippen molar-refractivity contribution in [3.63, 3.8) is 0 Å². The smallest absolute Gasteiger partial charge is 0.147 e. The summed E-state index contributed by atoms with van der Waals surface area (Å²) in [5, 5.41) is 4.32. The highest BCUT2D eigenvalue weighted by Gasteiger charge is 2.19. The molecule has 36 heavy (non-hydrogen) atoms. The van der Waals surface area contributed by atoms with Crippen molar-refractivity contribution < 1.29 is 17.5 Å². The fourth-order valence-corrected chi connectivity index (χ4v) is 5.65. The second-order valence-electron chi connectivity index (χ2n) is 9.38. The van der Waals surface area contributed by atoms with E-state index < -0.39 is 9.84 Å². The van der Waals surface area contributed by atoms with Crippen LogP contribution in [0.5, 0.6) is 5.75 Å². The van der Waals surface area contributed by atoms with Crippen molar-refractivity contribution in [1.29, 1.82) is 0 Å². The van der Waals surface area contributed by atoms with E-state index in [1.807, 2.05) is 31.2 Å². The first-order valence-electron chi connectivity index (χ1n) is 12.0. The molecule has 186 valence electrons. The van der Waals surface area contributed by atoms with Crippen molar-refractivity contribution in [2.24, 2.45) is 0 Å². The molecule has 1 aliphatic rings. The molecule has 1 aliphatic heterocycles. The van der Waals surface area contributed by atoms with Gasteiger partial charge >= 0.3 is 0 Å². The first-order valence-corrected chi connectivity index (χ1v) is 14.1. The Morgan fingerprint density at radius 3 is 2.75 bits per heavy atom. The third kappa shape index (κ3) is 4.85. The number of aromatic nitrogens is 1. The van der Waals surface area contributed by atoms with Gasteiger partial charge in [-0.25, -0.2) is 12.8 Å². The van der Waals surface area contributed by atoms with Crippen molar-refractivity contribution >= 4 is 26.4 Å². The molecular weight excluding hydrogens is 475 g/mol. The molecule has 0 unspecified atom stereocenters. The van der Waals surface area contributed by atoms with Gasteiger partial charge < -0.3 is 14.6 Å². The van der Waals surface area contributed by atoms with Crippen molar-refractivity contribution in [1.82, 2.24) is 4.57 Å². The van der Waals surface area contributed by atoms with Crippen LogP contribution in [0.15, 0.2) is 54.6 Å². The normalized spacial score (nSPS) is 13.1. The lowest BCUT2D eigenvalue weighted by Gasteiger charge is -2.15. The lowest BCUT2D eigenvalue weighted by Crippen LogP contribution is -2.08. The van der Waals surface area contributed by atoms with Gasteiger partial charge in [-0.15, -0.1) is 0 Å². The van der Waals surface area contributed by atoms with Gasteiger partial charge in [0.25, 0.3) is 0 Å². The average molecular weight is 505 g/mol. The minimum atomic E-state index is -3.05. The van der Waals surface area contributed by atoms with Crippen molar-refractivity contribution in [2.75, 3.05) is 23.9 Å². The van der Waals surface area contributed by atoms with E-state index in [4.69, 9.17) is 4.74 Å². The van der Waals surface area contributed by atoms with E-state index in [0.717, 1.165) is 55.9 Å². The van der Waals surface area contributed by atoms with E-state index in [2.05, 4.69) is 35.4 Å². The Labute approximate surface area is 211 Å². The first kappa shape index (κ1) is 24.4. The van der Waals surface area contributed by atoms with Gasteiger partial charge in [0.05, 0.1) is 12.2 Å². The second kappa shape index (κ2) is 9.62. The molecule has 0 fully saturated rings. The van der Waals surface area contributed by atoms with E-state index in [1.54, 1.807) is 12.1 Å². The SMILES string of the molecule is Cc1c(CNc2ccc3c(c2)OC[C]3)cccc1-c1c(C)n(CCCS(C)(=O)=O)c2ccc(F)cc12. The number of nitrogens with one attached hydrogen (secondary N) is 1. The van der Waals surface area contributed by atoms with Crippen LogP contribution in [0.2, 0.25) is 0 Å². The van der Waals surface area contributed by atoms with Gasteiger partial charge in [0.1, 0.15) is 28.0 Å². The molecule has 1 N–H and O–H groups in total. The Morgan fingerprint density at radius 2 is 1.94 bits per heavy atom. The first-order chi connectivity index (χ1) is 17.2. The highest BCUT2D eigenvalue weighted by molar-refractivity contribution is 7.90. The fraction of sp³-hybridized carbons (Fsp3) is 0.276. The number of hydrogen-bond acceptors (Lipinski definition) is 4. The fourth-order valence-electron chi connectivity index (χ4n) is 5.00. The Kier molecular flexibility index (Phi) is 6.51. The molecule has 5 nitrogen and oxygen atoms in total. The number of hydrogen-bond donors (Lipinski definition) is 1. The summed E-state index contributed by atoms with van der Waals surface area (Å²) in [6, 6.07) is 17.0. The van der Waals surface area contributed by atoms with Crippen LogP contribution < -0.4 is 10.1 Å². The second-order valence-corrected chi connectivity index (χ2v) is 11.6. The summed E-state index contributed by atoms with van der Waals surface area (Å²) in [5.41, 5.74) is 8.17. The molecule has 0 bridgehead atoms. The molecule has 2 radical (unpaired) electrons. The van der Waals surface area contributed by atoms with Crippen LogP contribution in [0.25, 0.3) is 22.0 Å². The van der Waals surface area contributed by atoms with Crippen LogP contribution in [-0.4, -0.2) is 31.6 Å². The van der Waals surface area contributed by atoms with Gasteiger partial charge in [-0.05, 0) is 61.2 Å². The number of fused-ring (bicyclic) bond motifs is 2. The molecule has 0 saturated carbocycles. The number of halogens is 1. The monoisotopic (exact) mass is 504 g/mol. The maximum Gasteiger partial charge on any atom is 0.147 e. The predicted molar refractivity (Wildman–Crippen MR) is 143 cm³/mol. The summed E-state index contributed by atoms with van der Waals surface area (Å²) in [6.07, 6.45) is 4.93. The van der Waals surface area contributed by atoms with Crippen LogP contribution in [-0.2, 0) is 22.9 Å². The molecule has 2 heterocycles. The molecule has 0 saturated heterocycles. The summed E-state index contributed by atoms with van der Waals surface area (Å²) < 4.78 is 45.4. The molecule has 0 amide bonds. The Morgan fingerprint density at radius 1 is 1.11 bits per heavy atom. The Hall–Kier alpha value is -3.32. The summed E-state index contributed by atoms with van der Waals surface area (Å²) in [6.45, 7) is 5.79. The van der Waals surface area contributed by atoms with E-state index in [0.29, 0.717) is 26.1 Å². The van der Waals surface area contributed by atoms with Gasteiger partial charge in [0.2, 0.25) is 0 Å². The zero-order chi connectivity index (χ0) is 25.4. The summed E-state index contributed by atoms with van der Waals surface area (Å²) >= 11 is 0. The number of anilines is 1. The highest BCUT2D eigenvalue weighted by Crippen LogP contribution is 2.38. The third-order valence-electron chi connectivity index (χ3n) is 6.85. The molecule has 4 aromatic rings. The number of nitrogens with zero attached hydrogens (tertiary/aromatic N) is 1. The van der Waals surface area contributed by atoms with E-state index in [-0.39, 0.29) is 11.6 Å². The molecule has 5 rings (SSSR count). The molecule has 0 aliphatic carbocycles. The maximum atomic E-state index is 14.4. The predicted octanol–water partition coefficient (Wildman–Crippen LogP) is 5.93. The Bertz CT molecular complexity index is 1560. The van der Waals surface area contributed by atoms with E-state index in [9.17, 15) is 12.8 Å². The van der Waals surface area contributed by atoms with Crippen LogP contribution in [0.1, 0.15) is 28.8 Å². The van der Waals surface area contributed by atoms with E-state index >= 15 is 0 Å². The topological polar surface area (TPSA) is 60.3 Å². The van der Waals surface area contributed by atoms with Gasteiger partial charge in [-0.1, -0.05) is 24.3 Å². The minimum absolute atomic E-state index is 0.118. The van der Waals surface area contributed by atoms with Crippen LogP contribution in [0.4, 0.5) is 10.1 Å². The molecule has 0 atom stereocenters. The van der Waals surface area contributed by atoms with Crippen molar-refractivity contribution in [2.45, 2.75) is 33.4 Å². The molecule has 3 aromatic carbocycles. The number of aryl methyl sites for hydroxylation is 1. The van der Waals surface area contributed by atoms with Crippen LogP contribution in [0, 0.1) is 26.1 Å². The Balaban J connectivity index is 1.48. The average Bonchev–Trinajstić information content (AvgIpc) is 3.40. The number of sulfone groups is 1. The van der Waals surface area contributed by atoms with Crippen LogP contribution in [0.3, 0.4) is 0 Å². The number of benzene rings is 3. The molecular formula is C29H29FN2O3S. The molecule has 0 spiro atoms. The lowest BCUT2D eigenvalue weighted by molar-refractivity contribution is 0.377. The van der Waals surface area contributed by atoms with Gasteiger partial charge in [0.15, 0.2) is 0 Å². The summed E-state index contributed by atoms with van der Waals surface area (Å²) in [7, 11) is -3.05. The maximum absolute atomic E-state index is 14.4. The largest absolute Gasteiger partial charge is 0.492 e. The number of rotatable bonds is 8. The van der Waals surface area contributed by atoms with Gasteiger partial charge in [-0.3, -0.25) is 0 Å². The van der Waals surface area contributed by atoms with Gasteiger partial charge in [0, 0.05) is 58.8 Å².